The Kier molecular flexibility index (Phi) is 59.1. The summed E-state index contributed by atoms with van der Waals surface area (Å²) in [5.41, 5.74) is 0. The molecular formula is C71H133N2O7P. The third kappa shape index (κ3) is 62.1. The van der Waals surface area contributed by atoms with Crippen molar-refractivity contribution in [2.75, 3.05) is 40.9 Å². The van der Waals surface area contributed by atoms with Crippen LogP contribution in [0.5, 0.6) is 0 Å². The molecule has 0 saturated heterocycles. The number of phosphoric acid groups is 1. The molecule has 0 bridgehead atoms. The minimum Gasteiger partial charge on any atom is -0.756 e. The van der Waals surface area contributed by atoms with E-state index in [0.717, 1.165) is 70.6 Å². The van der Waals surface area contributed by atoms with E-state index in [4.69, 9.17) is 13.8 Å². The van der Waals surface area contributed by atoms with E-state index in [0.29, 0.717) is 17.4 Å². The lowest BCUT2D eigenvalue weighted by Gasteiger charge is -2.30. The highest BCUT2D eigenvalue weighted by Crippen LogP contribution is 2.38. The van der Waals surface area contributed by atoms with Crippen LogP contribution in [0.3, 0.4) is 0 Å². The van der Waals surface area contributed by atoms with E-state index in [1.807, 2.05) is 33.3 Å². The normalized spacial score (nSPS) is 13.9. The average Bonchev–Trinajstić information content (AvgIpc) is 3.43. The van der Waals surface area contributed by atoms with Crippen molar-refractivity contribution in [3.63, 3.8) is 0 Å². The van der Waals surface area contributed by atoms with Gasteiger partial charge in [0.05, 0.1) is 33.8 Å². The van der Waals surface area contributed by atoms with Crippen LogP contribution in [0.2, 0.25) is 0 Å². The van der Waals surface area contributed by atoms with Crippen LogP contribution in [0.15, 0.2) is 60.8 Å². The van der Waals surface area contributed by atoms with Gasteiger partial charge in [0.15, 0.2) is 0 Å². The number of carbonyl (C=O) groups is 2. The molecule has 1 N–H and O–H groups in total. The zero-order valence-corrected chi connectivity index (χ0v) is 55.1. The Morgan fingerprint density at radius 3 is 1.16 bits per heavy atom. The van der Waals surface area contributed by atoms with Crippen molar-refractivity contribution in [3.05, 3.63) is 60.8 Å². The van der Waals surface area contributed by atoms with Gasteiger partial charge < -0.3 is 28.5 Å². The van der Waals surface area contributed by atoms with E-state index in [1.165, 1.54) is 225 Å². The summed E-state index contributed by atoms with van der Waals surface area (Å²) >= 11 is 0. The summed E-state index contributed by atoms with van der Waals surface area (Å²) in [5, 5.41) is 3.04. The van der Waals surface area contributed by atoms with Gasteiger partial charge in [-0.2, -0.15) is 0 Å². The molecule has 474 valence electrons. The highest BCUT2D eigenvalue weighted by atomic mass is 31.2. The van der Waals surface area contributed by atoms with Gasteiger partial charge in [-0.05, 0) is 96.0 Å². The number of unbranched alkanes of at least 4 members (excludes halogenated alkanes) is 39. The van der Waals surface area contributed by atoms with Crippen LogP contribution >= 0.6 is 7.82 Å². The van der Waals surface area contributed by atoms with Gasteiger partial charge in [0, 0.05) is 12.8 Å². The number of hydrogen-bond acceptors (Lipinski definition) is 7. The fraction of sp³-hybridized carbons (Fsp3) is 0.831. The number of phosphoric ester groups is 1. The first kappa shape index (κ1) is 78.7. The van der Waals surface area contributed by atoms with Crippen LogP contribution in [0.1, 0.15) is 329 Å². The third-order valence-corrected chi connectivity index (χ3v) is 16.4. The molecule has 0 rings (SSSR count). The molecule has 10 heteroatoms. The molecule has 0 aromatic heterocycles. The SMILES string of the molecule is CCCCC/C=C\C/C=C\C/C=C\CCCCCCCCCCCCCCC(=O)OC(/C=C\CCCCCCCCCCC)C(COP(=O)([O-])OCC[N+](C)(C)C)NC(=O)CCCCCCCCCCC/C=C/CCCCCCCC. The molecule has 0 spiro atoms. The Morgan fingerprint density at radius 2 is 0.753 bits per heavy atom. The summed E-state index contributed by atoms with van der Waals surface area (Å²) in [6.07, 6.45) is 77.7. The highest BCUT2D eigenvalue weighted by Gasteiger charge is 2.27. The molecule has 0 aromatic carbocycles. The molecule has 1 amide bonds. The lowest BCUT2D eigenvalue weighted by molar-refractivity contribution is -0.870. The first-order valence-corrected chi connectivity index (χ1v) is 36.1. The Hall–Kier alpha value is -2.29. The number of esters is 1. The summed E-state index contributed by atoms with van der Waals surface area (Å²) in [4.78, 5) is 40.1. The molecule has 0 aliphatic carbocycles. The lowest BCUT2D eigenvalue weighted by Crippen LogP contribution is -2.47. The first-order chi connectivity index (χ1) is 39.4. The summed E-state index contributed by atoms with van der Waals surface area (Å²) in [6, 6.07) is -0.890. The minimum atomic E-state index is -4.70. The molecule has 0 aromatic rings. The summed E-state index contributed by atoms with van der Waals surface area (Å²) in [5.74, 6) is -0.536. The van der Waals surface area contributed by atoms with Gasteiger partial charge in [-0.15, -0.1) is 0 Å². The second-order valence-corrected chi connectivity index (χ2v) is 26.1. The van der Waals surface area contributed by atoms with Crippen molar-refractivity contribution in [1.82, 2.24) is 5.32 Å². The van der Waals surface area contributed by atoms with E-state index >= 15 is 0 Å². The Balaban J connectivity index is 5.05. The average molecular weight is 1160 g/mol. The van der Waals surface area contributed by atoms with E-state index in [1.54, 1.807) is 0 Å². The van der Waals surface area contributed by atoms with Gasteiger partial charge in [0.2, 0.25) is 5.91 Å². The van der Waals surface area contributed by atoms with E-state index < -0.39 is 20.0 Å². The van der Waals surface area contributed by atoms with Crippen molar-refractivity contribution in [3.8, 4) is 0 Å². The molecule has 0 heterocycles. The Labute approximate surface area is 502 Å². The van der Waals surface area contributed by atoms with Crippen molar-refractivity contribution < 1.29 is 37.3 Å². The van der Waals surface area contributed by atoms with Crippen LogP contribution in [-0.4, -0.2) is 69.4 Å². The molecule has 0 aliphatic heterocycles. The number of ether oxygens (including phenoxy) is 1. The van der Waals surface area contributed by atoms with Crippen molar-refractivity contribution in [2.45, 2.75) is 341 Å². The molecule has 0 aliphatic rings. The van der Waals surface area contributed by atoms with Crippen molar-refractivity contribution in [1.29, 1.82) is 0 Å². The van der Waals surface area contributed by atoms with Gasteiger partial charge in [-0.1, -0.05) is 281 Å². The number of likely N-dealkylation sites (N-methyl/N-ethyl adjacent to an activating group) is 1. The smallest absolute Gasteiger partial charge is 0.306 e. The molecule has 0 radical (unpaired) electrons. The first-order valence-electron chi connectivity index (χ1n) is 34.6. The molecule has 0 saturated carbocycles. The number of rotatable bonds is 63. The molecule has 3 atom stereocenters. The maximum absolute atomic E-state index is 13.6. The van der Waals surface area contributed by atoms with E-state index in [2.05, 4.69) is 74.7 Å². The second-order valence-electron chi connectivity index (χ2n) is 24.7. The zero-order chi connectivity index (χ0) is 59.3. The van der Waals surface area contributed by atoms with E-state index in [9.17, 15) is 19.0 Å². The largest absolute Gasteiger partial charge is 0.756 e. The fourth-order valence-electron chi connectivity index (χ4n) is 10.1. The van der Waals surface area contributed by atoms with Crippen LogP contribution < -0.4 is 10.2 Å². The quantitative estimate of drug-likeness (QED) is 0.0212. The van der Waals surface area contributed by atoms with Crippen LogP contribution in [0.25, 0.3) is 0 Å². The van der Waals surface area contributed by atoms with Crippen LogP contribution in [0.4, 0.5) is 0 Å². The van der Waals surface area contributed by atoms with Crippen LogP contribution in [0, 0.1) is 0 Å². The predicted molar refractivity (Wildman–Crippen MR) is 349 cm³/mol. The van der Waals surface area contributed by atoms with Crippen molar-refractivity contribution >= 4 is 19.7 Å². The van der Waals surface area contributed by atoms with Gasteiger partial charge in [-0.3, -0.25) is 14.2 Å². The maximum Gasteiger partial charge on any atom is 0.306 e. The molecule has 3 unspecified atom stereocenters. The number of hydrogen-bond donors (Lipinski definition) is 1. The van der Waals surface area contributed by atoms with Crippen LogP contribution in [-0.2, 0) is 27.9 Å². The monoisotopic (exact) mass is 1160 g/mol. The molecule has 9 nitrogen and oxygen atoms in total. The summed E-state index contributed by atoms with van der Waals surface area (Å²) in [6.45, 7) is 6.84. The fourth-order valence-corrected chi connectivity index (χ4v) is 10.8. The van der Waals surface area contributed by atoms with Gasteiger partial charge in [0.25, 0.3) is 7.82 Å². The predicted octanol–water partition coefficient (Wildman–Crippen LogP) is 21.2. The lowest BCUT2D eigenvalue weighted by atomic mass is 10.0. The Bertz CT molecular complexity index is 1570. The molecule has 0 fully saturated rings. The number of carbonyl (C=O) groups excluding carboxylic acids is 2. The van der Waals surface area contributed by atoms with Gasteiger partial charge >= 0.3 is 5.97 Å². The summed E-state index contributed by atoms with van der Waals surface area (Å²) in [7, 11) is 1.19. The Morgan fingerprint density at radius 1 is 0.432 bits per heavy atom. The molecular weight excluding hydrogens is 1020 g/mol. The van der Waals surface area contributed by atoms with Crippen molar-refractivity contribution in [2.24, 2.45) is 0 Å². The number of nitrogens with one attached hydrogen (secondary N) is 1. The zero-order valence-electron chi connectivity index (χ0n) is 54.2. The van der Waals surface area contributed by atoms with E-state index in [-0.39, 0.29) is 31.5 Å². The summed E-state index contributed by atoms with van der Waals surface area (Å²) < 4.78 is 30.4. The topological polar surface area (TPSA) is 114 Å². The number of nitrogens with zero attached hydrogens (tertiary/aromatic N) is 1. The van der Waals surface area contributed by atoms with Gasteiger partial charge in [-0.25, -0.2) is 0 Å². The second kappa shape index (κ2) is 60.8. The standard InChI is InChI=1S/C71H133N2O7P/c1-7-10-13-16-19-22-25-27-29-31-33-34-35-36-37-38-40-42-44-46-49-52-55-58-61-64-71(75)80-69(62-59-56-53-50-47-24-21-18-15-12-9-3)68(67-79-81(76,77)78-66-65-73(4,5)6)72-70(74)63-60-57-54-51-48-45-43-41-39-32-30-28-26-23-20-17-14-11-8-2/h19,22,27-30,33-34,59,62,68-69H,7-18,20-21,23-26,31-32,35-58,60-61,63-67H2,1-6H3,(H-,72,74,76,77)/b22-19-,29-27-,30-28+,34-33-,62-59-. The maximum atomic E-state index is 13.6. The number of allylic oxidation sites excluding steroid dienone is 9. The highest BCUT2D eigenvalue weighted by molar-refractivity contribution is 7.45. The number of quaternary nitrogens is 1. The minimum absolute atomic E-state index is 0.0229. The third-order valence-electron chi connectivity index (χ3n) is 15.4. The van der Waals surface area contributed by atoms with Gasteiger partial charge in [0.1, 0.15) is 19.3 Å². The molecule has 81 heavy (non-hydrogen) atoms. The number of amides is 1.